The van der Waals surface area contributed by atoms with Crippen molar-refractivity contribution in [1.29, 1.82) is 0 Å². The van der Waals surface area contributed by atoms with Gasteiger partial charge < -0.3 is 10.8 Å². The van der Waals surface area contributed by atoms with E-state index in [0.717, 1.165) is 17.7 Å². The van der Waals surface area contributed by atoms with Gasteiger partial charge in [-0.15, -0.1) is 0 Å². The number of hydrogen-bond acceptors (Lipinski definition) is 2. The van der Waals surface area contributed by atoms with Gasteiger partial charge in [0.25, 0.3) is 0 Å². The minimum Gasteiger partial charge on any atom is -0.465 e. The molecular weight excluding hydrogens is 180 g/mol. The molecule has 1 aliphatic heterocycles. The van der Waals surface area contributed by atoms with E-state index in [-0.39, 0.29) is 0 Å². The van der Waals surface area contributed by atoms with E-state index in [9.17, 15) is 4.79 Å². The van der Waals surface area contributed by atoms with Crippen LogP contribution in [0.5, 0.6) is 0 Å². The molecule has 14 heavy (non-hydrogen) atoms. The van der Waals surface area contributed by atoms with Crippen LogP contribution < -0.4 is 10.6 Å². The molecule has 0 bridgehead atoms. The molecule has 4 nitrogen and oxygen atoms in total. The normalized spacial score (nSPS) is 20.4. The number of carboxylic acid groups (broad SMARTS) is 1. The number of anilines is 1. The van der Waals surface area contributed by atoms with Gasteiger partial charge in [-0.1, -0.05) is 18.2 Å². The largest absolute Gasteiger partial charge is 0.465 e. The number of fused-ring (bicyclic) bond motifs is 1. The zero-order chi connectivity index (χ0) is 10.1. The van der Waals surface area contributed by atoms with Gasteiger partial charge >= 0.3 is 6.09 Å². The average Bonchev–Trinajstić information content (AvgIpc) is 2.17. The fourth-order valence-corrected chi connectivity index (χ4v) is 1.81. The summed E-state index contributed by atoms with van der Waals surface area (Å²) in [6.07, 6.45) is 0.136. The second-order valence-electron chi connectivity index (χ2n) is 3.39. The summed E-state index contributed by atoms with van der Waals surface area (Å²) in [6, 6.07) is 7.47. The summed E-state index contributed by atoms with van der Waals surface area (Å²) in [6.45, 7) is 0. The van der Waals surface area contributed by atoms with E-state index >= 15 is 0 Å². The maximum atomic E-state index is 11.0. The molecule has 1 aliphatic rings. The first kappa shape index (κ1) is 9.02. The minimum absolute atomic E-state index is 0.414. The van der Waals surface area contributed by atoms with Crippen LogP contribution in [0.3, 0.4) is 0 Å². The Morgan fingerprint density at radius 3 is 2.93 bits per heavy atom. The minimum atomic E-state index is -0.982. The summed E-state index contributed by atoms with van der Waals surface area (Å²) in [5, 5.41) is 9.00. The van der Waals surface area contributed by atoms with Crippen molar-refractivity contribution >= 4 is 11.8 Å². The first-order valence-electron chi connectivity index (χ1n) is 4.56. The van der Waals surface area contributed by atoms with E-state index in [1.54, 1.807) is 6.07 Å². The number of aryl methyl sites for hydroxylation is 1. The number of amides is 1. The highest BCUT2D eigenvalue weighted by atomic mass is 16.4. The molecule has 0 spiro atoms. The van der Waals surface area contributed by atoms with Crippen molar-refractivity contribution in [2.24, 2.45) is 5.73 Å². The van der Waals surface area contributed by atoms with E-state index in [0.29, 0.717) is 6.42 Å². The standard InChI is InChI=1S/C10H12N2O2/c11-9-6-5-7-3-1-2-4-8(7)12(9)10(13)14/h1-4,9H,5-6,11H2,(H,13,14). The predicted octanol–water partition coefficient (Wildman–Crippen LogP) is 1.40. The predicted molar refractivity (Wildman–Crippen MR) is 53.2 cm³/mol. The van der Waals surface area contributed by atoms with Crippen molar-refractivity contribution in [3.8, 4) is 0 Å². The third-order valence-electron chi connectivity index (χ3n) is 2.50. The number of nitrogens with two attached hydrogens (primary N) is 1. The number of rotatable bonds is 0. The molecule has 1 aromatic rings. The maximum Gasteiger partial charge on any atom is 0.413 e. The van der Waals surface area contributed by atoms with Crippen LogP contribution in [0.25, 0.3) is 0 Å². The van der Waals surface area contributed by atoms with Crippen LogP contribution in [-0.2, 0) is 6.42 Å². The fraction of sp³-hybridized carbons (Fsp3) is 0.300. The number of para-hydroxylation sites is 1. The molecular formula is C10H12N2O2. The van der Waals surface area contributed by atoms with Gasteiger partial charge in [0.15, 0.2) is 0 Å². The van der Waals surface area contributed by atoms with Crippen LogP contribution in [-0.4, -0.2) is 17.4 Å². The van der Waals surface area contributed by atoms with Crippen LogP contribution in [0.15, 0.2) is 24.3 Å². The molecule has 1 unspecified atom stereocenters. The lowest BCUT2D eigenvalue weighted by atomic mass is 10.0. The van der Waals surface area contributed by atoms with Crippen LogP contribution >= 0.6 is 0 Å². The highest BCUT2D eigenvalue weighted by Gasteiger charge is 2.27. The van der Waals surface area contributed by atoms with Crippen LogP contribution in [0, 0.1) is 0 Å². The van der Waals surface area contributed by atoms with Gasteiger partial charge in [-0.25, -0.2) is 4.79 Å². The monoisotopic (exact) mass is 192 g/mol. The molecule has 1 aromatic carbocycles. The quantitative estimate of drug-likeness (QED) is 0.653. The number of hydrogen-bond donors (Lipinski definition) is 2. The van der Waals surface area contributed by atoms with Crippen molar-refractivity contribution in [2.75, 3.05) is 4.90 Å². The lowest BCUT2D eigenvalue weighted by Gasteiger charge is -2.32. The molecule has 0 aromatic heterocycles. The highest BCUT2D eigenvalue weighted by Crippen LogP contribution is 2.28. The molecule has 1 heterocycles. The summed E-state index contributed by atoms with van der Waals surface area (Å²) in [5.41, 5.74) is 7.51. The van der Waals surface area contributed by atoms with Gasteiger partial charge in [0, 0.05) is 0 Å². The zero-order valence-electron chi connectivity index (χ0n) is 7.68. The van der Waals surface area contributed by atoms with Crippen LogP contribution in [0.4, 0.5) is 10.5 Å². The molecule has 0 radical (unpaired) electrons. The first-order chi connectivity index (χ1) is 6.70. The fourth-order valence-electron chi connectivity index (χ4n) is 1.81. The average molecular weight is 192 g/mol. The van der Waals surface area contributed by atoms with Gasteiger partial charge in [0.2, 0.25) is 0 Å². The lowest BCUT2D eigenvalue weighted by molar-refractivity contribution is 0.198. The second kappa shape index (κ2) is 3.31. The molecule has 4 heteroatoms. The van der Waals surface area contributed by atoms with Crippen molar-refractivity contribution in [3.05, 3.63) is 29.8 Å². The summed E-state index contributed by atoms with van der Waals surface area (Å²) in [5.74, 6) is 0. The molecule has 0 saturated heterocycles. The summed E-state index contributed by atoms with van der Waals surface area (Å²) in [7, 11) is 0. The molecule has 3 N–H and O–H groups in total. The Bertz CT molecular complexity index is 365. The summed E-state index contributed by atoms with van der Waals surface area (Å²) in [4.78, 5) is 12.2. The highest BCUT2D eigenvalue weighted by molar-refractivity contribution is 5.88. The smallest absolute Gasteiger partial charge is 0.413 e. The Kier molecular flexibility index (Phi) is 2.13. The van der Waals surface area contributed by atoms with Crippen molar-refractivity contribution in [1.82, 2.24) is 0 Å². The van der Waals surface area contributed by atoms with Crippen LogP contribution in [0.1, 0.15) is 12.0 Å². The third kappa shape index (κ3) is 1.33. The topological polar surface area (TPSA) is 66.6 Å². The van der Waals surface area contributed by atoms with Crippen molar-refractivity contribution < 1.29 is 9.90 Å². The van der Waals surface area contributed by atoms with Gasteiger partial charge in [-0.3, -0.25) is 4.90 Å². The van der Waals surface area contributed by atoms with E-state index in [1.165, 1.54) is 4.90 Å². The Balaban J connectivity index is 2.46. The SMILES string of the molecule is NC1CCc2ccccc2N1C(=O)O. The van der Waals surface area contributed by atoms with Crippen LogP contribution in [0.2, 0.25) is 0 Å². The Morgan fingerprint density at radius 2 is 2.21 bits per heavy atom. The van der Waals surface area contributed by atoms with Crippen molar-refractivity contribution in [3.63, 3.8) is 0 Å². The number of benzene rings is 1. The summed E-state index contributed by atoms with van der Waals surface area (Å²) < 4.78 is 0. The molecule has 1 amide bonds. The van der Waals surface area contributed by atoms with E-state index < -0.39 is 12.3 Å². The van der Waals surface area contributed by atoms with E-state index in [1.807, 2.05) is 18.2 Å². The maximum absolute atomic E-state index is 11.0. The molecule has 0 saturated carbocycles. The van der Waals surface area contributed by atoms with E-state index in [4.69, 9.17) is 10.8 Å². The Labute approximate surface area is 81.9 Å². The van der Waals surface area contributed by atoms with E-state index in [2.05, 4.69) is 0 Å². The Hall–Kier alpha value is -1.55. The van der Waals surface area contributed by atoms with Gasteiger partial charge in [-0.2, -0.15) is 0 Å². The van der Waals surface area contributed by atoms with Gasteiger partial charge in [-0.05, 0) is 24.5 Å². The Morgan fingerprint density at radius 1 is 1.50 bits per heavy atom. The molecule has 1 atom stereocenters. The molecule has 0 aliphatic carbocycles. The van der Waals surface area contributed by atoms with Crippen molar-refractivity contribution in [2.45, 2.75) is 19.0 Å². The van der Waals surface area contributed by atoms with Gasteiger partial charge in [0.1, 0.15) is 0 Å². The molecule has 2 rings (SSSR count). The number of nitrogens with zero attached hydrogens (tertiary/aromatic N) is 1. The molecule has 74 valence electrons. The third-order valence-corrected chi connectivity index (χ3v) is 2.50. The number of carbonyl (C=O) groups is 1. The zero-order valence-corrected chi connectivity index (χ0v) is 7.68. The first-order valence-corrected chi connectivity index (χ1v) is 4.56. The molecule has 0 fully saturated rings. The van der Waals surface area contributed by atoms with Gasteiger partial charge in [0.05, 0.1) is 11.9 Å². The summed E-state index contributed by atoms with van der Waals surface area (Å²) >= 11 is 0. The lowest BCUT2D eigenvalue weighted by Crippen LogP contribution is -2.48. The second-order valence-corrected chi connectivity index (χ2v) is 3.39.